The van der Waals surface area contributed by atoms with E-state index in [9.17, 15) is 4.79 Å². The molecule has 35 heavy (non-hydrogen) atoms. The zero-order valence-electron chi connectivity index (χ0n) is 20.1. The van der Waals surface area contributed by atoms with Gasteiger partial charge in [0.15, 0.2) is 0 Å². The second-order valence-corrected chi connectivity index (χ2v) is 9.95. The van der Waals surface area contributed by atoms with Crippen molar-refractivity contribution >= 4 is 17.3 Å². The van der Waals surface area contributed by atoms with Crippen molar-refractivity contribution in [1.29, 1.82) is 0 Å². The van der Waals surface area contributed by atoms with Gasteiger partial charge in [0.05, 0.1) is 25.6 Å². The van der Waals surface area contributed by atoms with Crippen LogP contribution in [0.3, 0.4) is 0 Å². The molecule has 3 aliphatic heterocycles. The number of nitrogens with zero attached hydrogens (tertiary/aromatic N) is 3. The zero-order valence-corrected chi connectivity index (χ0v) is 20.1. The Morgan fingerprint density at radius 2 is 1.37 bits per heavy atom. The Balaban J connectivity index is 1.19. The van der Waals surface area contributed by atoms with Crippen molar-refractivity contribution in [3.8, 4) is 0 Å². The van der Waals surface area contributed by atoms with Gasteiger partial charge in [-0.2, -0.15) is 0 Å². The van der Waals surface area contributed by atoms with Crippen LogP contribution in [0.4, 0.5) is 11.4 Å². The lowest BCUT2D eigenvalue weighted by Gasteiger charge is -2.42. The third-order valence-electron chi connectivity index (χ3n) is 7.57. The molecular weight excluding hydrogens is 438 g/mol. The molecule has 0 radical (unpaired) electrons. The van der Waals surface area contributed by atoms with Crippen LogP contribution in [0.5, 0.6) is 0 Å². The van der Waals surface area contributed by atoms with E-state index in [-0.39, 0.29) is 11.3 Å². The van der Waals surface area contributed by atoms with Gasteiger partial charge in [-0.15, -0.1) is 0 Å². The van der Waals surface area contributed by atoms with Crippen LogP contribution in [0.25, 0.3) is 0 Å². The molecule has 180 valence electrons. The molecular formula is C29H31N3O3. The van der Waals surface area contributed by atoms with Gasteiger partial charge in [0.2, 0.25) is 0 Å². The van der Waals surface area contributed by atoms with E-state index in [2.05, 4.69) is 53.1 Å². The molecule has 2 saturated heterocycles. The highest BCUT2D eigenvalue weighted by Gasteiger charge is 2.57. The van der Waals surface area contributed by atoms with Crippen LogP contribution in [-0.2, 0) is 25.5 Å². The highest BCUT2D eigenvalue weighted by Crippen LogP contribution is 2.47. The van der Waals surface area contributed by atoms with Crippen LogP contribution in [0, 0.1) is 0 Å². The van der Waals surface area contributed by atoms with Gasteiger partial charge in [0.1, 0.15) is 0 Å². The number of piperazine rings is 1. The van der Waals surface area contributed by atoms with Crippen LogP contribution >= 0.6 is 0 Å². The molecule has 0 unspecified atom stereocenters. The predicted octanol–water partition coefficient (Wildman–Crippen LogP) is 3.97. The smallest absolute Gasteiger partial charge is 0.293 e. The molecule has 3 aliphatic rings. The van der Waals surface area contributed by atoms with E-state index >= 15 is 0 Å². The van der Waals surface area contributed by atoms with Crippen molar-refractivity contribution in [2.24, 2.45) is 0 Å². The van der Waals surface area contributed by atoms with Crippen LogP contribution in [0.2, 0.25) is 0 Å². The number of ether oxygens (including phenoxy) is 2. The topological polar surface area (TPSA) is 45.3 Å². The van der Waals surface area contributed by atoms with Crippen molar-refractivity contribution in [3.63, 3.8) is 0 Å². The van der Waals surface area contributed by atoms with Gasteiger partial charge in [-0.25, -0.2) is 0 Å². The number of rotatable bonds is 4. The van der Waals surface area contributed by atoms with Crippen LogP contribution in [0.15, 0.2) is 84.9 Å². The van der Waals surface area contributed by atoms with Crippen molar-refractivity contribution in [2.45, 2.75) is 18.1 Å². The van der Waals surface area contributed by atoms with Crippen LogP contribution in [0.1, 0.15) is 18.1 Å². The van der Waals surface area contributed by atoms with Gasteiger partial charge < -0.3 is 14.4 Å². The molecule has 0 aliphatic carbocycles. The molecule has 1 amide bonds. The summed E-state index contributed by atoms with van der Waals surface area (Å²) in [7, 11) is 0. The molecule has 6 heteroatoms. The number of hydrogen-bond acceptors (Lipinski definition) is 5. The molecule has 0 saturated carbocycles. The normalized spacial score (nSPS) is 26.8. The van der Waals surface area contributed by atoms with Gasteiger partial charge in [0, 0.05) is 42.8 Å². The van der Waals surface area contributed by atoms with Crippen molar-refractivity contribution in [3.05, 3.63) is 96.1 Å². The van der Waals surface area contributed by atoms with Gasteiger partial charge in [-0.05, 0) is 23.8 Å². The minimum atomic E-state index is -1.36. The van der Waals surface area contributed by atoms with E-state index < -0.39 is 5.79 Å². The fourth-order valence-electron chi connectivity index (χ4n) is 5.41. The second-order valence-electron chi connectivity index (χ2n) is 9.95. The summed E-state index contributed by atoms with van der Waals surface area (Å²) >= 11 is 0. The Hall–Kier alpha value is -3.19. The van der Waals surface area contributed by atoms with E-state index in [0.29, 0.717) is 19.9 Å². The standard InChI is InChI=1S/C29H31N3O3/c1-28(23-10-4-2-5-11-23)20-34-29(35-21-28)25-14-8-9-15-26(25)32(27(29)33)22-30-16-18-31(19-17-30)24-12-6-3-7-13-24/h2-15H,16-22H2,1H3. The monoisotopic (exact) mass is 469 g/mol. The first-order valence-corrected chi connectivity index (χ1v) is 12.4. The lowest BCUT2D eigenvalue weighted by Crippen LogP contribution is -2.56. The summed E-state index contributed by atoms with van der Waals surface area (Å²) in [6.07, 6.45) is 0. The average molecular weight is 470 g/mol. The summed E-state index contributed by atoms with van der Waals surface area (Å²) in [5.41, 5.74) is 3.79. The van der Waals surface area contributed by atoms with Gasteiger partial charge in [-0.1, -0.05) is 73.7 Å². The highest BCUT2D eigenvalue weighted by molar-refractivity contribution is 6.06. The number of amides is 1. The average Bonchev–Trinajstić information content (AvgIpc) is 3.15. The SMILES string of the molecule is CC1(c2ccccc2)COC2(OC1)C(=O)N(CN1CCN(c3ccccc3)CC1)c1ccccc12. The predicted molar refractivity (Wildman–Crippen MR) is 136 cm³/mol. The molecule has 0 bridgehead atoms. The molecule has 6 nitrogen and oxygen atoms in total. The largest absolute Gasteiger partial charge is 0.369 e. The van der Waals surface area contributed by atoms with E-state index in [4.69, 9.17) is 9.47 Å². The third-order valence-corrected chi connectivity index (χ3v) is 7.57. The molecule has 3 aromatic carbocycles. The Kier molecular flexibility index (Phi) is 5.60. The summed E-state index contributed by atoms with van der Waals surface area (Å²) < 4.78 is 12.8. The van der Waals surface area contributed by atoms with Crippen molar-refractivity contribution < 1.29 is 14.3 Å². The van der Waals surface area contributed by atoms with Gasteiger partial charge in [-0.3, -0.25) is 14.6 Å². The van der Waals surface area contributed by atoms with Gasteiger partial charge >= 0.3 is 0 Å². The Morgan fingerprint density at radius 3 is 2.06 bits per heavy atom. The molecule has 2 fully saturated rings. The first kappa shape index (κ1) is 22.3. The van der Waals surface area contributed by atoms with E-state index in [1.807, 2.05) is 53.4 Å². The highest BCUT2D eigenvalue weighted by atomic mass is 16.7. The number of anilines is 2. The van der Waals surface area contributed by atoms with E-state index in [0.717, 1.165) is 43.0 Å². The second kappa shape index (κ2) is 8.79. The quantitative estimate of drug-likeness (QED) is 0.579. The van der Waals surface area contributed by atoms with Crippen molar-refractivity contribution in [2.75, 3.05) is 55.9 Å². The summed E-state index contributed by atoms with van der Waals surface area (Å²) in [5, 5.41) is 0. The number of carbonyl (C=O) groups is 1. The molecule has 6 rings (SSSR count). The molecule has 1 spiro atoms. The van der Waals surface area contributed by atoms with Crippen molar-refractivity contribution in [1.82, 2.24) is 4.90 Å². The molecule has 3 aromatic rings. The molecule has 3 heterocycles. The molecule has 0 N–H and O–H groups in total. The lowest BCUT2D eigenvalue weighted by atomic mass is 9.83. The summed E-state index contributed by atoms with van der Waals surface area (Å²) in [4.78, 5) is 20.5. The number of benzene rings is 3. The fraction of sp³-hybridized carbons (Fsp3) is 0.345. The minimum absolute atomic E-state index is 0.126. The van der Waals surface area contributed by atoms with Crippen LogP contribution < -0.4 is 9.80 Å². The lowest BCUT2D eigenvalue weighted by molar-refractivity contribution is -0.276. The van der Waals surface area contributed by atoms with Crippen LogP contribution in [-0.4, -0.2) is 56.9 Å². The summed E-state index contributed by atoms with van der Waals surface area (Å²) in [6.45, 7) is 7.14. The fourth-order valence-corrected chi connectivity index (χ4v) is 5.41. The third kappa shape index (κ3) is 3.82. The summed E-state index contributed by atoms with van der Waals surface area (Å²) in [6, 6.07) is 28.6. The molecule has 0 atom stereocenters. The Morgan fingerprint density at radius 1 is 0.771 bits per heavy atom. The number of fused-ring (bicyclic) bond motifs is 2. The zero-order chi connectivity index (χ0) is 23.9. The molecule has 0 aromatic heterocycles. The number of hydrogen-bond donors (Lipinski definition) is 0. The number of carbonyl (C=O) groups excluding carboxylic acids is 1. The van der Waals surface area contributed by atoms with E-state index in [1.165, 1.54) is 5.69 Å². The first-order valence-electron chi connectivity index (χ1n) is 12.4. The minimum Gasteiger partial charge on any atom is -0.369 e. The maximum Gasteiger partial charge on any atom is 0.293 e. The van der Waals surface area contributed by atoms with E-state index in [1.54, 1.807) is 0 Å². The first-order chi connectivity index (χ1) is 17.1. The van der Waals surface area contributed by atoms with Gasteiger partial charge in [0.25, 0.3) is 11.7 Å². The summed E-state index contributed by atoms with van der Waals surface area (Å²) in [5.74, 6) is -1.49. The maximum absolute atomic E-state index is 13.9. The maximum atomic E-state index is 13.9. The Labute approximate surface area is 206 Å². The Bertz CT molecular complexity index is 1180. The number of para-hydroxylation sites is 2.